The summed E-state index contributed by atoms with van der Waals surface area (Å²) in [5.41, 5.74) is 4.03. The molecule has 3 aromatic carbocycles. The van der Waals surface area contributed by atoms with Gasteiger partial charge in [-0.05, 0) is 59.9 Å². The largest absolute Gasteiger partial charge is 0.497 e. The summed E-state index contributed by atoms with van der Waals surface area (Å²) in [6.45, 7) is 2.04. The molecule has 0 aromatic heterocycles. The molecule has 0 radical (unpaired) electrons. The number of hydrogen-bond acceptors (Lipinski definition) is 5. The molecule has 0 spiro atoms. The zero-order valence-corrected chi connectivity index (χ0v) is 19.2. The maximum absolute atomic E-state index is 13.4. The van der Waals surface area contributed by atoms with Gasteiger partial charge < -0.3 is 4.74 Å². The minimum atomic E-state index is -0.418. The summed E-state index contributed by atoms with van der Waals surface area (Å²) in [5.74, 6) is 0.259. The predicted octanol–water partition coefficient (Wildman–Crippen LogP) is 5.17. The van der Waals surface area contributed by atoms with E-state index in [9.17, 15) is 14.0 Å². The third-order valence-electron chi connectivity index (χ3n) is 5.71. The number of benzene rings is 3. The lowest BCUT2D eigenvalue weighted by atomic mass is 9.94. The first kappa shape index (κ1) is 23.0. The smallest absolute Gasteiger partial charge is 0.286 e. The molecule has 0 bridgehead atoms. The molecule has 3 aromatic rings. The number of halogens is 1. The molecule has 0 aliphatic carbocycles. The monoisotopic (exact) mass is 464 g/mol. The molecule has 1 heterocycles. The Hall–Kier alpha value is -3.16. The third-order valence-corrected chi connectivity index (χ3v) is 6.69. The number of ether oxygens (including phenoxy) is 1. The second kappa shape index (κ2) is 10.2. The van der Waals surface area contributed by atoms with Gasteiger partial charge in [-0.2, -0.15) is 0 Å². The minimum Gasteiger partial charge on any atom is -0.497 e. The molecule has 5 nitrogen and oxygen atoms in total. The summed E-state index contributed by atoms with van der Waals surface area (Å²) in [6, 6.07) is 22.2. The van der Waals surface area contributed by atoms with Crippen LogP contribution in [0, 0.1) is 5.82 Å². The minimum absolute atomic E-state index is 0.0462. The Morgan fingerprint density at radius 2 is 1.70 bits per heavy atom. The molecule has 3 unspecified atom stereocenters. The van der Waals surface area contributed by atoms with E-state index in [1.807, 2.05) is 49.4 Å². The van der Waals surface area contributed by atoms with Gasteiger partial charge in [-0.1, -0.05) is 60.3 Å². The number of imide groups is 1. The van der Waals surface area contributed by atoms with Crippen LogP contribution in [0.2, 0.25) is 0 Å². The van der Waals surface area contributed by atoms with E-state index in [1.165, 1.54) is 12.1 Å². The topological polar surface area (TPSA) is 67.4 Å². The van der Waals surface area contributed by atoms with Crippen molar-refractivity contribution in [2.45, 2.75) is 30.7 Å². The third kappa shape index (κ3) is 5.61. The molecule has 170 valence electrons. The second-order valence-electron chi connectivity index (χ2n) is 7.98. The van der Waals surface area contributed by atoms with Crippen LogP contribution in [0.25, 0.3) is 0 Å². The fraction of sp³-hybridized carbons (Fsp3) is 0.231. The second-order valence-corrected chi connectivity index (χ2v) is 9.15. The van der Waals surface area contributed by atoms with E-state index >= 15 is 0 Å². The van der Waals surface area contributed by atoms with E-state index < -0.39 is 5.25 Å². The van der Waals surface area contributed by atoms with Crippen LogP contribution in [0.5, 0.6) is 5.75 Å². The van der Waals surface area contributed by atoms with Crippen LogP contribution in [-0.2, 0) is 11.2 Å². The van der Waals surface area contributed by atoms with Crippen molar-refractivity contribution in [3.63, 3.8) is 0 Å². The van der Waals surface area contributed by atoms with Crippen LogP contribution in [-0.4, -0.2) is 23.5 Å². The fourth-order valence-corrected chi connectivity index (χ4v) is 4.78. The van der Waals surface area contributed by atoms with Crippen LogP contribution in [0.3, 0.4) is 0 Å². The van der Waals surface area contributed by atoms with Gasteiger partial charge in [0.1, 0.15) is 11.6 Å². The van der Waals surface area contributed by atoms with Gasteiger partial charge in [0.25, 0.3) is 5.24 Å². The highest BCUT2D eigenvalue weighted by molar-refractivity contribution is 8.15. The molecular weight excluding hydrogens is 439 g/mol. The average Bonchev–Trinajstić information content (AvgIpc) is 3.14. The highest BCUT2D eigenvalue weighted by atomic mass is 32.2. The molecule has 1 fully saturated rings. The maximum atomic E-state index is 13.4. The van der Waals surface area contributed by atoms with Crippen molar-refractivity contribution in [3.05, 3.63) is 101 Å². The van der Waals surface area contributed by atoms with Crippen LogP contribution < -0.4 is 15.4 Å². The van der Waals surface area contributed by atoms with Crippen LogP contribution >= 0.6 is 11.8 Å². The Labute approximate surface area is 196 Å². The summed E-state index contributed by atoms with van der Waals surface area (Å²) < 4.78 is 18.7. The molecular formula is C26H25FN2O3S. The summed E-state index contributed by atoms with van der Waals surface area (Å²) in [6.07, 6.45) is 0.471. The first-order chi connectivity index (χ1) is 15.9. The number of hydrogen-bond donors (Lipinski definition) is 2. The van der Waals surface area contributed by atoms with Gasteiger partial charge in [0, 0.05) is 6.04 Å². The van der Waals surface area contributed by atoms with Gasteiger partial charge in [0.05, 0.1) is 18.4 Å². The Morgan fingerprint density at radius 1 is 1.00 bits per heavy atom. The Kier molecular flexibility index (Phi) is 7.11. The van der Waals surface area contributed by atoms with Crippen molar-refractivity contribution < 1.29 is 18.7 Å². The molecule has 1 aliphatic rings. The highest BCUT2D eigenvalue weighted by Gasteiger charge is 2.31. The molecule has 0 saturated carbocycles. The Bertz CT molecular complexity index is 1140. The number of amides is 2. The van der Waals surface area contributed by atoms with E-state index in [2.05, 4.69) is 16.7 Å². The lowest BCUT2D eigenvalue weighted by molar-refractivity contribution is -0.118. The summed E-state index contributed by atoms with van der Waals surface area (Å²) in [5, 5.41) is 5.28. The fourth-order valence-electron chi connectivity index (χ4n) is 3.92. The van der Waals surface area contributed by atoms with Crippen LogP contribution in [0.4, 0.5) is 9.18 Å². The standard InChI is InChI=1S/C26H25FN2O3S/c1-16(18-6-10-21(27)11-7-18)28-24(19-8-12-22(32-2)13-9-19)20-5-3-4-17(14-20)15-23-25(30)29-26(31)33-23/h3-14,16,23-24,28H,15H2,1-2H3,(H,29,30,31). The molecule has 3 atom stereocenters. The molecule has 7 heteroatoms. The van der Waals surface area contributed by atoms with E-state index in [0.29, 0.717) is 6.42 Å². The Morgan fingerprint density at radius 3 is 2.33 bits per heavy atom. The highest BCUT2D eigenvalue weighted by Crippen LogP contribution is 2.30. The van der Waals surface area contributed by atoms with Gasteiger partial charge in [-0.3, -0.25) is 20.2 Å². The van der Waals surface area contributed by atoms with Crippen molar-refractivity contribution in [1.29, 1.82) is 0 Å². The molecule has 1 saturated heterocycles. The average molecular weight is 465 g/mol. The lowest BCUT2D eigenvalue weighted by Crippen LogP contribution is -2.26. The zero-order chi connectivity index (χ0) is 23.4. The number of carbonyl (C=O) groups is 2. The van der Waals surface area contributed by atoms with E-state index in [4.69, 9.17) is 4.74 Å². The van der Waals surface area contributed by atoms with Crippen molar-refractivity contribution in [1.82, 2.24) is 10.6 Å². The SMILES string of the molecule is COc1ccc(C(NC(C)c2ccc(F)cc2)c2cccc(CC3SC(=O)NC3=O)c2)cc1. The maximum Gasteiger partial charge on any atom is 0.286 e. The predicted molar refractivity (Wildman–Crippen MR) is 128 cm³/mol. The normalized spacial score (nSPS) is 17.5. The number of carbonyl (C=O) groups excluding carboxylic acids is 2. The Balaban J connectivity index is 1.63. The van der Waals surface area contributed by atoms with Gasteiger partial charge in [0.2, 0.25) is 5.91 Å². The van der Waals surface area contributed by atoms with E-state index in [1.54, 1.807) is 19.2 Å². The first-order valence-corrected chi connectivity index (χ1v) is 11.6. The summed E-state index contributed by atoms with van der Waals surface area (Å²) in [7, 11) is 1.63. The van der Waals surface area contributed by atoms with Crippen molar-refractivity contribution >= 4 is 22.9 Å². The summed E-state index contributed by atoms with van der Waals surface area (Å²) in [4.78, 5) is 23.5. The van der Waals surface area contributed by atoms with Crippen LogP contribution in [0.1, 0.15) is 41.3 Å². The summed E-state index contributed by atoms with van der Waals surface area (Å²) >= 11 is 1.03. The number of methoxy groups -OCH3 is 1. The number of thioether (sulfide) groups is 1. The number of nitrogens with one attached hydrogen (secondary N) is 2. The molecule has 2 amide bonds. The molecule has 33 heavy (non-hydrogen) atoms. The lowest BCUT2D eigenvalue weighted by Gasteiger charge is -2.25. The van der Waals surface area contributed by atoms with E-state index in [-0.39, 0.29) is 29.0 Å². The van der Waals surface area contributed by atoms with Crippen molar-refractivity contribution in [2.75, 3.05) is 7.11 Å². The number of rotatable bonds is 8. The van der Waals surface area contributed by atoms with Crippen molar-refractivity contribution in [3.8, 4) is 5.75 Å². The van der Waals surface area contributed by atoms with Gasteiger partial charge in [0.15, 0.2) is 0 Å². The van der Waals surface area contributed by atoms with Gasteiger partial charge in [-0.25, -0.2) is 4.39 Å². The van der Waals surface area contributed by atoms with Gasteiger partial charge >= 0.3 is 0 Å². The van der Waals surface area contributed by atoms with E-state index in [0.717, 1.165) is 39.8 Å². The molecule has 4 rings (SSSR count). The van der Waals surface area contributed by atoms with Gasteiger partial charge in [-0.15, -0.1) is 0 Å². The molecule has 2 N–H and O–H groups in total. The van der Waals surface area contributed by atoms with Crippen molar-refractivity contribution in [2.24, 2.45) is 0 Å². The van der Waals surface area contributed by atoms with Crippen LogP contribution in [0.15, 0.2) is 72.8 Å². The first-order valence-electron chi connectivity index (χ1n) is 10.7. The quantitative estimate of drug-likeness (QED) is 0.482. The zero-order valence-electron chi connectivity index (χ0n) is 18.4. The molecule has 1 aliphatic heterocycles.